The monoisotopic (exact) mass is 429 g/mol. The summed E-state index contributed by atoms with van der Waals surface area (Å²) in [4.78, 5) is 17.7. The molecule has 1 amide bonds. The summed E-state index contributed by atoms with van der Waals surface area (Å²) in [6.07, 6.45) is 0. The Bertz CT molecular complexity index is 1200. The van der Waals surface area contributed by atoms with Gasteiger partial charge in [-0.15, -0.1) is 0 Å². The van der Waals surface area contributed by atoms with Crippen molar-refractivity contribution in [3.8, 4) is 0 Å². The first-order chi connectivity index (χ1) is 15.0. The third-order valence-corrected chi connectivity index (χ3v) is 5.43. The number of hydrogen-bond donors (Lipinski definition) is 2. The maximum Gasteiger partial charge on any atom is 0.252 e. The van der Waals surface area contributed by atoms with E-state index in [2.05, 4.69) is 36.6 Å². The summed E-state index contributed by atoms with van der Waals surface area (Å²) in [5.41, 5.74) is 4.54. The fourth-order valence-electron chi connectivity index (χ4n) is 3.41. The molecule has 4 nitrogen and oxygen atoms in total. The van der Waals surface area contributed by atoms with E-state index < -0.39 is 0 Å². The van der Waals surface area contributed by atoms with E-state index in [0.717, 1.165) is 22.2 Å². The van der Waals surface area contributed by atoms with Crippen molar-refractivity contribution in [2.45, 2.75) is 26.3 Å². The molecular formula is C26H24ClN3O. The highest BCUT2D eigenvalue weighted by Crippen LogP contribution is 2.24. The van der Waals surface area contributed by atoms with Crippen LogP contribution in [0, 0.1) is 0 Å². The highest BCUT2D eigenvalue weighted by Gasteiger charge is 2.13. The van der Waals surface area contributed by atoms with E-state index in [0.29, 0.717) is 28.9 Å². The normalized spacial score (nSPS) is 11.0. The molecule has 2 N–H and O–H groups in total. The smallest absolute Gasteiger partial charge is 0.252 e. The molecule has 0 aliphatic heterocycles. The second-order valence-corrected chi connectivity index (χ2v) is 8.22. The first kappa shape index (κ1) is 20.9. The van der Waals surface area contributed by atoms with Crippen LogP contribution in [0.1, 0.15) is 41.3 Å². The van der Waals surface area contributed by atoms with Crippen molar-refractivity contribution >= 4 is 39.9 Å². The first-order valence-corrected chi connectivity index (χ1v) is 10.7. The number of nitrogens with zero attached hydrogens (tertiary/aromatic N) is 1. The average molecular weight is 430 g/mol. The van der Waals surface area contributed by atoms with E-state index >= 15 is 0 Å². The number of amides is 1. The molecule has 1 heterocycles. The van der Waals surface area contributed by atoms with Gasteiger partial charge in [-0.05, 0) is 53.4 Å². The van der Waals surface area contributed by atoms with Crippen molar-refractivity contribution in [2.75, 3.05) is 5.32 Å². The summed E-state index contributed by atoms with van der Waals surface area (Å²) in [7, 11) is 0. The second kappa shape index (κ2) is 9.19. The lowest BCUT2D eigenvalue weighted by atomic mass is 10.0. The Hall–Kier alpha value is -3.37. The Morgan fingerprint density at radius 1 is 0.968 bits per heavy atom. The first-order valence-electron chi connectivity index (χ1n) is 10.3. The number of pyridine rings is 1. The molecule has 156 valence electrons. The lowest BCUT2D eigenvalue weighted by Crippen LogP contribution is -2.23. The summed E-state index contributed by atoms with van der Waals surface area (Å²) >= 11 is 5.94. The van der Waals surface area contributed by atoms with Crippen LogP contribution < -0.4 is 10.6 Å². The van der Waals surface area contributed by atoms with Crippen LogP contribution in [0.3, 0.4) is 0 Å². The van der Waals surface area contributed by atoms with Crippen molar-refractivity contribution in [3.63, 3.8) is 0 Å². The zero-order chi connectivity index (χ0) is 21.8. The van der Waals surface area contributed by atoms with Gasteiger partial charge in [0.2, 0.25) is 0 Å². The predicted octanol–water partition coefficient (Wildman–Crippen LogP) is 6.69. The molecule has 0 radical (unpaired) electrons. The van der Waals surface area contributed by atoms with E-state index in [1.165, 1.54) is 5.56 Å². The topological polar surface area (TPSA) is 54.0 Å². The van der Waals surface area contributed by atoms with Crippen molar-refractivity contribution in [2.24, 2.45) is 0 Å². The van der Waals surface area contributed by atoms with Crippen molar-refractivity contribution in [1.82, 2.24) is 10.3 Å². The molecule has 0 saturated carbocycles. The molecule has 0 aliphatic rings. The molecule has 0 spiro atoms. The van der Waals surface area contributed by atoms with Crippen molar-refractivity contribution in [3.05, 3.63) is 101 Å². The van der Waals surface area contributed by atoms with Gasteiger partial charge in [-0.25, -0.2) is 4.98 Å². The molecule has 0 fully saturated rings. The summed E-state index contributed by atoms with van der Waals surface area (Å²) < 4.78 is 0. The van der Waals surface area contributed by atoms with Gasteiger partial charge in [0.05, 0.1) is 11.1 Å². The fraction of sp³-hybridized carbons (Fsp3) is 0.154. The van der Waals surface area contributed by atoms with Crippen molar-refractivity contribution < 1.29 is 4.79 Å². The third kappa shape index (κ3) is 5.04. The van der Waals surface area contributed by atoms with Crippen LogP contribution in [0.2, 0.25) is 5.02 Å². The highest BCUT2D eigenvalue weighted by atomic mass is 35.5. The Morgan fingerprint density at radius 3 is 2.39 bits per heavy atom. The van der Waals surface area contributed by atoms with E-state index in [1.54, 1.807) is 6.07 Å². The molecule has 3 aromatic carbocycles. The minimum atomic E-state index is -0.147. The molecule has 0 saturated heterocycles. The van der Waals surface area contributed by atoms with Gasteiger partial charge >= 0.3 is 0 Å². The molecule has 0 bridgehead atoms. The maximum absolute atomic E-state index is 13.0. The van der Waals surface area contributed by atoms with Gasteiger partial charge in [-0.2, -0.15) is 0 Å². The molecular weight excluding hydrogens is 406 g/mol. The molecule has 1 aromatic heterocycles. The Labute approximate surface area is 187 Å². The van der Waals surface area contributed by atoms with Crippen LogP contribution in [0.4, 0.5) is 11.5 Å². The minimum absolute atomic E-state index is 0.147. The summed E-state index contributed by atoms with van der Waals surface area (Å²) in [6.45, 7) is 4.76. The van der Waals surface area contributed by atoms with E-state index in [4.69, 9.17) is 16.6 Å². The quantitative estimate of drug-likeness (QED) is 0.359. The number of fused-ring (bicyclic) bond motifs is 1. The molecule has 4 rings (SSSR count). The van der Waals surface area contributed by atoms with Gasteiger partial charge in [-0.1, -0.05) is 67.9 Å². The number of carbonyl (C=O) groups excluding carboxylic acids is 1. The van der Waals surface area contributed by atoms with Gasteiger partial charge in [0.15, 0.2) is 0 Å². The van der Waals surface area contributed by atoms with Crippen LogP contribution in [-0.4, -0.2) is 10.9 Å². The molecule has 0 aliphatic carbocycles. The van der Waals surface area contributed by atoms with Crippen LogP contribution >= 0.6 is 11.6 Å². The molecule has 0 atom stereocenters. The number of benzene rings is 3. The number of halogens is 1. The second-order valence-electron chi connectivity index (χ2n) is 7.78. The number of hydrogen-bond acceptors (Lipinski definition) is 3. The van der Waals surface area contributed by atoms with Crippen LogP contribution in [0.15, 0.2) is 78.9 Å². The summed E-state index contributed by atoms with van der Waals surface area (Å²) in [5.74, 6) is 0.961. The zero-order valence-electron chi connectivity index (χ0n) is 17.5. The van der Waals surface area contributed by atoms with E-state index in [1.807, 2.05) is 60.7 Å². The summed E-state index contributed by atoms with van der Waals surface area (Å²) in [6, 6.07) is 25.2. The molecule has 5 heteroatoms. The SMILES string of the molecule is CC(C)c1ccc(Nc2cc(C(=O)NCc3ccc(Cl)cc3)c3ccccc3n2)cc1. The van der Waals surface area contributed by atoms with Gasteiger partial charge in [-0.3, -0.25) is 4.79 Å². The van der Waals surface area contributed by atoms with Gasteiger partial charge in [0, 0.05) is 22.6 Å². The van der Waals surface area contributed by atoms with Gasteiger partial charge in [0.25, 0.3) is 5.91 Å². The predicted molar refractivity (Wildman–Crippen MR) is 128 cm³/mol. The van der Waals surface area contributed by atoms with Crippen LogP contribution in [0.5, 0.6) is 0 Å². The zero-order valence-corrected chi connectivity index (χ0v) is 18.3. The van der Waals surface area contributed by atoms with E-state index in [-0.39, 0.29) is 5.91 Å². The van der Waals surface area contributed by atoms with Gasteiger partial charge < -0.3 is 10.6 Å². The Balaban J connectivity index is 1.59. The highest BCUT2D eigenvalue weighted by molar-refractivity contribution is 6.30. The lowest BCUT2D eigenvalue weighted by molar-refractivity contribution is 0.0952. The maximum atomic E-state index is 13.0. The standard InChI is InChI=1S/C26H24ClN3O/c1-17(2)19-9-13-21(14-10-19)29-25-15-23(22-5-3-4-6-24(22)30-25)26(31)28-16-18-7-11-20(27)12-8-18/h3-15,17H,16H2,1-2H3,(H,28,31)(H,29,30). The van der Waals surface area contributed by atoms with Crippen molar-refractivity contribution in [1.29, 1.82) is 0 Å². The largest absolute Gasteiger partial charge is 0.348 e. The summed E-state index contributed by atoms with van der Waals surface area (Å²) in [5, 5.41) is 7.82. The number of anilines is 2. The van der Waals surface area contributed by atoms with Crippen LogP contribution in [-0.2, 0) is 6.54 Å². The van der Waals surface area contributed by atoms with Gasteiger partial charge in [0.1, 0.15) is 5.82 Å². The Morgan fingerprint density at radius 2 is 1.68 bits per heavy atom. The lowest BCUT2D eigenvalue weighted by Gasteiger charge is -2.13. The van der Waals surface area contributed by atoms with E-state index in [9.17, 15) is 4.79 Å². The molecule has 4 aromatic rings. The number of rotatable bonds is 6. The third-order valence-electron chi connectivity index (χ3n) is 5.18. The number of para-hydroxylation sites is 1. The minimum Gasteiger partial charge on any atom is -0.348 e. The van der Waals surface area contributed by atoms with Crippen LogP contribution in [0.25, 0.3) is 10.9 Å². The number of nitrogens with one attached hydrogen (secondary N) is 2. The number of aromatic nitrogens is 1. The fourth-order valence-corrected chi connectivity index (χ4v) is 3.53. The molecule has 0 unspecified atom stereocenters. The Kier molecular flexibility index (Phi) is 6.19. The molecule has 31 heavy (non-hydrogen) atoms. The number of carbonyl (C=O) groups is 1. The average Bonchev–Trinajstić information content (AvgIpc) is 2.78.